The van der Waals surface area contributed by atoms with Crippen molar-refractivity contribution in [2.75, 3.05) is 5.73 Å². The van der Waals surface area contributed by atoms with Crippen LogP contribution in [0.15, 0.2) is 18.2 Å². The lowest BCUT2D eigenvalue weighted by molar-refractivity contribution is 0.169. The Kier molecular flexibility index (Phi) is 2.44. The van der Waals surface area contributed by atoms with E-state index in [1.807, 2.05) is 6.92 Å². The lowest BCUT2D eigenvalue weighted by atomic mass is 10.2. The molecular formula is C8H12N2O. The van der Waals surface area contributed by atoms with Crippen molar-refractivity contribution in [3.63, 3.8) is 0 Å². The van der Waals surface area contributed by atoms with Crippen LogP contribution in [0, 0.1) is 0 Å². The normalized spacial score (nSPS) is 12.9. The molecule has 11 heavy (non-hydrogen) atoms. The highest BCUT2D eigenvalue weighted by Gasteiger charge is 2.04. The van der Waals surface area contributed by atoms with Crippen LogP contribution in [0.25, 0.3) is 0 Å². The van der Waals surface area contributed by atoms with Crippen LogP contribution in [0.2, 0.25) is 0 Å². The first-order valence-electron chi connectivity index (χ1n) is 3.64. The summed E-state index contributed by atoms with van der Waals surface area (Å²) in [5, 5.41) is 9.34. The highest BCUT2D eigenvalue weighted by atomic mass is 16.3. The Morgan fingerprint density at radius 1 is 1.64 bits per heavy atom. The van der Waals surface area contributed by atoms with Crippen LogP contribution >= 0.6 is 0 Å². The zero-order valence-corrected chi connectivity index (χ0v) is 6.49. The number of hydrogen-bond donors (Lipinski definition) is 2. The second-order valence-electron chi connectivity index (χ2n) is 2.41. The maximum absolute atomic E-state index is 9.34. The van der Waals surface area contributed by atoms with Gasteiger partial charge in [-0.2, -0.15) is 0 Å². The zero-order valence-electron chi connectivity index (χ0n) is 6.49. The van der Waals surface area contributed by atoms with Crippen molar-refractivity contribution in [1.82, 2.24) is 4.98 Å². The number of anilines is 1. The Morgan fingerprint density at radius 3 is 2.91 bits per heavy atom. The van der Waals surface area contributed by atoms with Gasteiger partial charge in [0.2, 0.25) is 0 Å². The Bertz CT molecular complexity index is 237. The molecule has 0 aliphatic heterocycles. The number of aromatic nitrogens is 1. The van der Waals surface area contributed by atoms with E-state index in [-0.39, 0.29) is 0 Å². The highest BCUT2D eigenvalue weighted by molar-refractivity contribution is 5.29. The number of pyridine rings is 1. The average molecular weight is 152 g/mol. The fourth-order valence-corrected chi connectivity index (χ4v) is 0.864. The van der Waals surface area contributed by atoms with Gasteiger partial charge in [0, 0.05) is 0 Å². The number of hydrogen-bond acceptors (Lipinski definition) is 3. The van der Waals surface area contributed by atoms with E-state index < -0.39 is 6.10 Å². The zero-order chi connectivity index (χ0) is 8.27. The number of aliphatic hydroxyl groups is 1. The van der Waals surface area contributed by atoms with Crippen LogP contribution in [0.3, 0.4) is 0 Å². The Morgan fingerprint density at radius 2 is 2.36 bits per heavy atom. The van der Waals surface area contributed by atoms with E-state index in [1.165, 1.54) is 0 Å². The smallest absolute Gasteiger partial charge is 0.123 e. The van der Waals surface area contributed by atoms with Crippen molar-refractivity contribution in [3.8, 4) is 0 Å². The number of nitrogen functional groups attached to an aromatic ring is 1. The molecule has 0 aliphatic carbocycles. The number of nitrogens with two attached hydrogens (primary N) is 1. The Balaban J connectivity index is 2.86. The molecule has 0 spiro atoms. The standard InChI is InChI=1S/C8H12N2O/c1-2-7(11)6-4-3-5-8(9)10-6/h3-5,7,11H,2H2,1H3,(H2,9,10)/t7-/m0/s1. The molecule has 1 aromatic rings. The van der Waals surface area contributed by atoms with Gasteiger partial charge in [-0.15, -0.1) is 0 Å². The molecule has 0 aliphatic rings. The summed E-state index contributed by atoms with van der Waals surface area (Å²) in [7, 11) is 0. The van der Waals surface area contributed by atoms with E-state index in [1.54, 1.807) is 18.2 Å². The van der Waals surface area contributed by atoms with E-state index in [0.717, 1.165) is 0 Å². The highest BCUT2D eigenvalue weighted by Crippen LogP contribution is 2.13. The molecule has 1 atom stereocenters. The topological polar surface area (TPSA) is 59.1 Å². The first-order valence-corrected chi connectivity index (χ1v) is 3.64. The van der Waals surface area contributed by atoms with Gasteiger partial charge < -0.3 is 10.8 Å². The van der Waals surface area contributed by atoms with Gasteiger partial charge in [0.05, 0.1) is 11.8 Å². The third-order valence-corrected chi connectivity index (χ3v) is 1.52. The first-order chi connectivity index (χ1) is 5.24. The van der Waals surface area contributed by atoms with E-state index in [2.05, 4.69) is 4.98 Å². The third-order valence-electron chi connectivity index (χ3n) is 1.52. The van der Waals surface area contributed by atoms with E-state index in [9.17, 15) is 5.11 Å². The molecule has 0 bridgehead atoms. The van der Waals surface area contributed by atoms with Gasteiger partial charge in [0.25, 0.3) is 0 Å². The maximum atomic E-state index is 9.34. The predicted molar refractivity (Wildman–Crippen MR) is 43.9 cm³/mol. The second kappa shape index (κ2) is 3.34. The van der Waals surface area contributed by atoms with E-state index in [4.69, 9.17) is 5.73 Å². The molecule has 3 N–H and O–H groups in total. The predicted octanol–water partition coefficient (Wildman–Crippen LogP) is 1.11. The minimum absolute atomic E-state index is 0.454. The van der Waals surface area contributed by atoms with Crippen molar-refractivity contribution >= 4 is 5.82 Å². The maximum Gasteiger partial charge on any atom is 0.123 e. The average Bonchev–Trinajstić information content (AvgIpc) is 2.03. The van der Waals surface area contributed by atoms with Crippen molar-refractivity contribution in [3.05, 3.63) is 23.9 Å². The van der Waals surface area contributed by atoms with Crippen molar-refractivity contribution < 1.29 is 5.11 Å². The third kappa shape index (κ3) is 1.91. The molecule has 0 saturated carbocycles. The molecule has 0 saturated heterocycles. The minimum Gasteiger partial charge on any atom is -0.387 e. The molecule has 1 aromatic heterocycles. The molecule has 1 rings (SSSR count). The molecule has 60 valence electrons. The molecule has 1 heterocycles. The summed E-state index contributed by atoms with van der Waals surface area (Å²) >= 11 is 0. The van der Waals surface area contributed by atoms with E-state index >= 15 is 0 Å². The van der Waals surface area contributed by atoms with Gasteiger partial charge in [-0.1, -0.05) is 13.0 Å². The van der Waals surface area contributed by atoms with Crippen LogP contribution in [0.4, 0.5) is 5.82 Å². The largest absolute Gasteiger partial charge is 0.387 e. The summed E-state index contributed by atoms with van der Waals surface area (Å²) in [5.41, 5.74) is 6.07. The van der Waals surface area contributed by atoms with Gasteiger partial charge in [-0.05, 0) is 18.6 Å². The summed E-state index contributed by atoms with van der Waals surface area (Å²) < 4.78 is 0. The van der Waals surface area contributed by atoms with Gasteiger partial charge >= 0.3 is 0 Å². The van der Waals surface area contributed by atoms with Crippen LogP contribution in [-0.2, 0) is 0 Å². The van der Waals surface area contributed by atoms with Crippen LogP contribution in [0.1, 0.15) is 25.1 Å². The number of nitrogens with zero attached hydrogens (tertiary/aromatic N) is 1. The molecule has 3 nitrogen and oxygen atoms in total. The van der Waals surface area contributed by atoms with Crippen molar-refractivity contribution in [2.45, 2.75) is 19.4 Å². The lowest BCUT2D eigenvalue weighted by Crippen LogP contribution is -2.00. The first kappa shape index (κ1) is 8.01. The molecule has 0 aromatic carbocycles. The summed E-state index contributed by atoms with van der Waals surface area (Å²) in [5.74, 6) is 0.454. The van der Waals surface area contributed by atoms with E-state index in [0.29, 0.717) is 17.9 Å². The molecule has 3 heteroatoms. The fourth-order valence-electron chi connectivity index (χ4n) is 0.864. The summed E-state index contributed by atoms with van der Waals surface area (Å²) in [6.45, 7) is 1.90. The van der Waals surface area contributed by atoms with Crippen LogP contribution < -0.4 is 5.73 Å². The summed E-state index contributed by atoms with van der Waals surface area (Å²) in [6.07, 6.45) is 0.176. The molecule has 0 fully saturated rings. The van der Waals surface area contributed by atoms with Crippen molar-refractivity contribution in [2.24, 2.45) is 0 Å². The second-order valence-corrected chi connectivity index (χ2v) is 2.41. The van der Waals surface area contributed by atoms with Crippen LogP contribution in [0.5, 0.6) is 0 Å². The molecule has 0 radical (unpaired) electrons. The Labute approximate surface area is 65.9 Å². The number of rotatable bonds is 2. The quantitative estimate of drug-likeness (QED) is 0.667. The molecular weight excluding hydrogens is 140 g/mol. The lowest BCUT2D eigenvalue weighted by Gasteiger charge is -2.06. The van der Waals surface area contributed by atoms with Crippen LogP contribution in [-0.4, -0.2) is 10.1 Å². The SMILES string of the molecule is CC[C@H](O)c1cccc(N)n1. The van der Waals surface area contributed by atoms with Crippen molar-refractivity contribution in [1.29, 1.82) is 0 Å². The minimum atomic E-state index is -0.488. The van der Waals surface area contributed by atoms with Gasteiger partial charge in [0.15, 0.2) is 0 Å². The molecule has 0 unspecified atom stereocenters. The number of aliphatic hydroxyl groups excluding tert-OH is 1. The van der Waals surface area contributed by atoms with Gasteiger partial charge in [-0.25, -0.2) is 4.98 Å². The van der Waals surface area contributed by atoms with Gasteiger partial charge in [-0.3, -0.25) is 0 Å². The fraction of sp³-hybridized carbons (Fsp3) is 0.375. The Hall–Kier alpha value is -1.09. The summed E-state index contributed by atoms with van der Waals surface area (Å²) in [6, 6.07) is 5.26. The molecule has 0 amide bonds. The van der Waals surface area contributed by atoms with Gasteiger partial charge in [0.1, 0.15) is 5.82 Å². The monoisotopic (exact) mass is 152 g/mol. The summed E-state index contributed by atoms with van der Waals surface area (Å²) in [4.78, 5) is 3.97.